The highest BCUT2D eigenvalue weighted by molar-refractivity contribution is 7.14. The lowest BCUT2D eigenvalue weighted by Crippen LogP contribution is -2.00. The van der Waals surface area contributed by atoms with E-state index in [-0.39, 0.29) is 0 Å². The minimum atomic E-state index is 0.694. The molecule has 1 aromatic heterocycles. The molecule has 3 aromatic rings. The Labute approximate surface area is 181 Å². The average Bonchev–Trinajstić information content (AvgIpc) is 3.26. The normalized spacial score (nSPS) is 10.9. The van der Waals surface area contributed by atoms with Gasteiger partial charge in [-0.1, -0.05) is 19.8 Å². The second-order valence-corrected chi connectivity index (χ2v) is 7.46. The average molecular weight is 426 g/mol. The molecule has 0 amide bonds. The van der Waals surface area contributed by atoms with Crippen LogP contribution in [0.15, 0.2) is 52.9 Å². The first-order valence-corrected chi connectivity index (χ1v) is 10.8. The van der Waals surface area contributed by atoms with Gasteiger partial charge in [0.1, 0.15) is 5.75 Å². The zero-order valence-electron chi connectivity index (χ0n) is 17.6. The number of hydrogen-bond donors (Lipinski definition) is 1. The Balaban J connectivity index is 1.59. The van der Waals surface area contributed by atoms with Crippen LogP contribution in [0.5, 0.6) is 17.2 Å². The van der Waals surface area contributed by atoms with E-state index in [2.05, 4.69) is 22.4 Å². The number of thiazole rings is 1. The number of unbranched alkanes of at least 4 members (excludes halogenated alkanes) is 2. The molecule has 0 aliphatic carbocycles. The predicted octanol–water partition coefficient (Wildman–Crippen LogP) is 5.84. The van der Waals surface area contributed by atoms with E-state index in [1.165, 1.54) is 17.8 Å². The number of hydrazone groups is 1. The van der Waals surface area contributed by atoms with Crippen LogP contribution >= 0.6 is 11.3 Å². The van der Waals surface area contributed by atoms with E-state index in [0.717, 1.165) is 46.3 Å². The fraction of sp³-hybridized carbons (Fsp3) is 0.304. The Morgan fingerprint density at radius 2 is 1.87 bits per heavy atom. The van der Waals surface area contributed by atoms with Crippen molar-refractivity contribution in [3.05, 3.63) is 53.4 Å². The highest BCUT2D eigenvalue weighted by atomic mass is 32.1. The topological polar surface area (TPSA) is 65.0 Å². The van der Waals surface area contributed by atoms with Gasteiger partial charge in [0.25, 0.3) is 0 Å². The number of anilines is 1. The third kappa shape index (κ3) is 5.97. The molecule has 0 spiro atoms. The maximum absolute atomic E-state index is 5.82. The Hall–Kier alpha value is -3.06. The van der Waals surface area contributed by atoms with Crippen molar-refractivity contribution in [1.29, 1.82) is 0 Å². The van der Waals surface area contributed by atoms with Crippen molar-refractivity contribution in [3.8, 4) is 28.5 Å². The van der Waals surface area contributed by atoms with Crippen molar-refractivity contribution >= 4 is 22.7 Å². The lowest BCUT2D eigenvalue weighted by Gasteiger charge is -2.11. The third-order valence-electron chi connectivity index (χ3n) is 4.46. The molecule has 7 heteroatoms. The SMILES string of the molecule is CCCCCOc1ccc(/C=N\Nc2nc(-c3ccc(OC)cc3)cs2)cc1OC. The van der Waals surface area contributed by atoms with E-state index in [9.17, 15) is 0 Å². The summed E-state index contributed by atoms with van der Waals surface area (Å²) >= 11 is 1.50. The molecule has 0 saturated heterocycles. The van der Waals surface area contributed by atoms with E-state index < -0.39 is 0 Å². The van der Waals surface area contributed by atoms with Gasteiger partial charge in [0, 0.05) is 10.9 Å². The molecule has 1 N–H and O–H groups in total. The number of ether oxygens (including phenoxy) is 3. The van der Waals surface area contributed by atoms with Crippen molar-refractivity contribution in [2.45, 2.75) is 26.2 Å². The summed E-state index contributed by atoms with van der Waals surface area (Å²) in [6.45, 7) is 2.87. The lowest BCUT2D eigenvalue weighted by molar-refractivity contribution is 0.286. The number of benzene rings is 2. The molecule has 30 heavy (non-hydrogen) atoms. The van der Waals surface area contributed by atoms with Gasteiger partial charge in [-0.2, -0.15) is 5.10 Å². The molecule has 2 aromatic carbocycles. The Morgan fingerprint density at radius 3 is 2.60 bits per heavy atom. The van der Waals surface area contributed by atoms with Gasteiger partial charge in [-0.3, -0.25) is 5.43 Å². The van der Waals surface area contributed by atoms with Crippen LogP contribution in [0.25, 0.3) is 11.3 Å². The molecule has 0 saturated carbocycles. The summed E-state index contributed by atoms with van der Waals surface area (Å²) in [5, 5.41) is 7.01. The second-order valence-electron chi connectivity index (χ2n) is 6.60. The van der Waals surface area contributed by atoms with E-state index in [0.29, 0.717) is 12.4 Å². The number of rotatable bonds is 11. The molecule has 0 aliphatic heterocycles. The van der Waals surface area contributed by atoms with Gasteiger partial charge in [-0.15, -0.1) is 11.3 Å². The van der Waals surface area contributed by atoms with Crippen LogP contribution in [0.1, 0.15) is 31.7 Å². The van der Waals surface area contributed by atoms with Crippen LogP contribution in [0, 0.1) is 0 Å². The predicted molar refractivity (Wildman–Crippen MR) is 123 cm³/mol. The maximum Gasteiger partial charge on any atom is 0.203 e. The smallest absolute Gasteiger partial charge is 0.203 e. The van der Waals surface area contributed by atoms with Crippen LogP contribution in [0.2, 0.25) is 0 Å². The molecule has 0 bridgehead atoms. The van der Waals surface area contributed by atoms with Crippen molar-refractivity contribution in [3.63, 3.8) is 0 Å². The molecule has 0 atom stereocenters. The first-order valence-electron chi connectivity index (χ1n) is 9.93. The van der Waals surface area contributed by atoms with E-state index in [4.69, 9.17) is 14.2 Å². The van der Waals surface area contributed by atoms with Gasteiger partial charge in [-0.05, 0) is 54.4 Å². The van der Waals surface area contributed by atoms with E-state index in [1.807, 2.05) is 47.8 Å². The monoisotopic (exact) mass is 425 g/mol. The highest BCUT2D eigenvalue weighted by Gasteiger charge is 2.06. The first kappa shape index (κ1) is 21.6. The van der Waals surface area contributed by atoms with Crippen molar-refractivity contribution in [2.24, 2.45) is 5.10 Å². The second kappa shape index (κ2) is 11.2. The van der Waals surface area contributed by atoms with Gasteiger partial charge < -0.3 is 14.2 Å². The van der Waals surface area contributed by atoms with Gasteiger partial charge >= 0.3 is 0 Å². The Morgan fingerprint density at radius 1 is 1.03 bits per heavy atom. The standard InChI is InChI=1S/C23H27N3O3S/c1-4-5-6-13-29-21-12-7-17(14-22(21)28-3)15-24-26-23-25-20(16-30-23)18-8-10-19(27-2)11-9-18/h7-12,14-16H,4-6,13H2,1-3H3,(H,25,26)/b24-15-. The fourth-order valence-electron chi connectivity index (χ4n) is 2.80. The zero-order chi connectivity index (χ0) is 21.2. The summed E-state index contributed by atoms with van der Waals surface area (Å²) in [7, 11) is 3.30. The zero-order valence-corrected chi connectivity index (χ0v) is 18.4. The summed E-state index contributed by atoms with van der Waals surface area (Å²) in [6.07, 6.45) is 5.11. The minimum absolute atomic E-state index is 0.694. The summed E-state index contributed by atoms with van der Waals surface area (Å²) in [6, 6.07) is 13.6. The molecule has 0 fully saturated rings. The number of nitrogens with zero attached hydrogens (tertiary/aromatic N) is 2. The molecule has 6 nitrogen and oxygen atoms in total. The molecular formula is C23H27N3O3S. The number of nitrogens with one attached hydrogen (secondary N) is 1. The highest BCUT2D eigenvalue weighted by Crippen LogP contribution is 2.28. The Kier molecular flexibility index (Phi) is 8.09. The molecule has 0 unspecified atom stereocenters. The summed E-state index contributed by atoms with van der Waals surface area (Å²) in [4.78, 5) is 4.57. The van der Waals surface area contributed by atoms with Crippen molar-refractivity contribution in [2.75, 3.05) is 26.3 Å². The van der Waals surface area contributed by atoms with E-state index in [1.54, 1.807) is 20.4 Å². The van der Waals surface area contributed by atoms with Gasteiger partial charge in [0.2, 0.25) is 5.13 Å². The van der Waals surface area contributed by atoms with Gasteiger partial charge in [-0.25, -0.2) is 4.98 Å². The van der Waals surface area contributed by atoms with Crippen molar-refractivity contribution in [1.82, 2.24) is 4.98 Å². The molecule has 158 valence electrons. The van der Waals surface area contributed by atoms with Crippen LogP contribution < -0.4 is 19.6 Å². The third-order valence-corrected chi connectivity index (χ3v) is 5.20. The molecule has 0 radical (unpaired) electrons. The molecular weight excluding hydrogens is 398 g/mol. The fourth-order valence-corrected chi connectivity index (χ4v) is 3.47. The quantitative estimate of drug-likeness (QED) is 0.237. The van der Waals surface area contributed by atoms with Crippen LogP contribution in [-0.2, 0) is 0 Å². The maximum atomic E-state index is 5.82. The molecule has 3 rings (SSSR count). The number of hydrogen-bond acceptors (Lipinski definition) is 7. The number of methoxy groups -OCH3 is 2. The largest absolute Gasteiger partial charge is 0.497 e. The summed E-state index contributed by atoms with van der Waals surface area (Å²) < 4.78 is 16.5. The van der Waals surface area contributed by atoms with Gasteiger partial charge in [0.05, 0.1) is 32.7 Å². The summed E-state index contributed by atoms with van der Waals surface area (Å²) in [5.74, 6) is 2.28. The summed E-state index contributed by atoms with van der Waals surface area (Å²) in [5.41, 5.74) is 5.82. The van der Waals surface area contributed by atoms with Crippen molar-refractivity contribution < 1.29 is 14.2 Å². The van der Waals surface area contributed by atoms with Crippen LogP contribution in [0.4, 0.5) is 5.13 Å². The first-order chi connectivity index (χ1) is 14.7. The molecule has 0 aliphatic rings. The van der Waals surface area contributed by atoms with E-state index >= 15 is 0 Å². The van der Waals surface area contributed by atoms with Crippen LogP contribution in [-0.4, -0.2) is 32.0 Å². The Bertz CT molecular complexity index is 955. The van der Waals surface area contributed by atoms with Gasteiger partial charge in [0.15, 0.2) is 11.5 Å². The molecule has 1 heterocycles. The van der Waals surface area contributed by atoms with Crippen LogP contribution in [0.3, 0.4) is 0 Å². The number of aromatic nitrogens is 1. The minimum Gasteiger partial charge on any atom is -0.497 e. The lowest BCUT2D eigenvalue weighted by atomic mass is 10.2.